The maximum atomic E-state index is 10.3. The summed E-state index contributed by atoms with van der Waals surface area (Å²) in [6, 6.07) is 19.0. The molecule has 0 saturated carbocycles. The molecule has 0 aliphatic carbocycles. The number of nitrogens with zero attached hydrogens (tertiary/aromatic N) is 1. The maximum Gasteiger partial charge on any atom is 0.150 e. The number of hydrogen-bond acceptors (Lipinski definition) is 5. The Bertz CT molecular complexity index is 1270. The molecule has 3 aromatic rings. The van der Waals surface area contributed by atoms with Crippen LogP contribution in [0.5, 0.6) is 23.0 Å². The number of benzene rings is 3. The second kappa shape index (κ2) is 10.2. The number of rotatable bonds is 6. The first-order chi connectivity index (χ1) is 17.3. The van der Waals surface area contributed by atoms with Crippen LogP contribution < -0.4 is 9.47 Å². The third-order valence-corrected chi connectivity index (χ3v) is 7.68. The minimum atomic E-state index is -0.380. The fraction of sp³-hybridized carbons (Fsp3) is 0.333. The minimum absolute atomic E-state index is 0.172. The molecule has 2 N–H and O–H groups in total. The van der Waals surface area contributed by atoms with E-state index in [0.29, 0.717) is 18.4 Å². The summed E-state index contributed by atoms with van der Waals surface area (Å²) in [6.07, 6.45) is 0.878. The van der Waals surface area contributed by atoms with Crippen molar-refractivity contribution in [2.45, 2.75) is 39.3 Å². The molecule has 36 heavy (non-hydrogen) atoms. The summed E-state index contributed by atoms with van der Waals surface area (Å²) < 4.78 is 13.4. The van der Waals surface area contributed by atoms with E-state index in [1.165, 1.54) is 6.42 Å². The van der Waals surface area contributed by atoms with Crippen LogP contribution in [0.25, 0.3) is 11.1 Å². The Morgan fingerprint density at radius 1 is 1.06 bits per heavy atom. The SMILES string of the molecule is CC1=C(c2cc(O)cc(Br)c2)C(c2ccc(OCC(C)N3CCC(C)C3)cc2)Oc2ccc(O)cc21. The number of phenols is 2. The molecule has 188 valence electrons. The molecule has 0 aromatic heterocycles. The van der Waals surface area contributed by atoms with Gasteiger partial charge >= 0.3 is 0 Å². The zero-order valence-corrected chi connectivity index (χ0v) is 22.5. The average molecular weight is 550 g/mol. The summed E-state index contributed by atoms with van der Waals surface area (Å²) in [6.45, 7) is 9.50. The Kier molecular flexibility index (Phi) is 7.00. The van der Waals surface area contributed by atoms with Gasteiger partial charge in [-0.3, -0.25) is 4.90 Å². The van der Waals surface area contributed by atoms with E-state index in [2.05, 4.69) is 34.7 Å². The van der Waals surface area contributed by atoms with Gasteiger partial charge in [0.15, 0.2) is 0 Å². The molecular weight excluding hydrogens is 518 g/mol. The lowest BCUT2D eigenvalue weighted by atomic mass is 9.86. The Hall–Kier alpha value is -2.96. The first-order valence-corrected chi connectivity index (χ1v) is 13.3. The molecule has 6 heteroatoms. The quantitative estimate of drug-likeness (QED) is 0.345. The maximum absolute atomic E-state index is 10.3. The van der Waals surface area contributed by atoms with Gasteiger partial charge in [-0.25, -0.2) is 0 Å². The van der Waals surface area contributed by atoms with E-state index < -0.39 is 0 Å². The highest BCUT2D eigenvalue weighted by Crippen LogP contribution is 2.48. The predicted molar refractivity (Wildman–Crippen MR) is 147 cm³/mol. The first-order valence-electron chi connectivity index (χ1n) is 12.5. The standard InChI is InChI=1S/C30H32BrNO4/c1-18-10-11-32(16-18)19(2)17-35-26-7-4-21(5-8-26)30-29(22-12-23(31)14-25(34)13-22)20(3)27-15-24(33)6-9-28(27)36-30/h4-9,12-15,18-19,30,33-34H,10-11,16-17H2,1-3H3. The zero-order chi connectivity index (χ0) is 25.4. The number of likely N-dealkylation sites (tertiary alicyclic amines) is 1. The molecule has 3 unspecified atom stereocenters. The van der Waals surface area contributed by atoms with Crippen LogP contribution in [0, 0.1) is 5.92 Å². The molecule has 3 aromatic carbocycles. The molecule has 0 radical (unpaired) electrons. The van der Waals surface area contributed by atoms with Crippen LogP contribution >= 0.6 is 15.9 Å². The van der Waals surface area contributed by atoms with Crippen molar-refractivity contribution in [1.29, 1.82) is 0 Å². The highest BCUT2D eigenvalue weighted by Gasteiger charge is 2.30. The number of ether oxygens (including phenoxy) is 2. The van der Waals surface area contributed by atoms with E-state index in [-0.39, 0.29) is 17.6 Å². The Morgan fingerprint density at radius 3 is 2.53 bits per heavy atom. The lowest BCUT2D eigenvalue weighted by molar-refractivity contribution is 0.169. The third-order valence-electron chi connectivity index (χ3n) is 7.22. The molecule has 5 rings (SSSR count). The fourth-order valence-corrected chi connectivity index (χ4v) is 5.69. The van der Waals surface area contributed by atoms with Gasteiger partial charge < -0.3 is 19.7 Å². The van der Waals surface area contributed by atoms with Crippen LogP contribution in [0.4, 0.5) is 0 Å². The van der Waals surface area contributed by atoms with Crippen LogP contribution in [0.3, 0.4) is 0 Å². The van der Waals surface area contributed by atoms with Gasteiger partial charge in [0.2, 0.25) is 0 Å². The summed E-state index contributed by atoms with van der Waals surface area (Å²) in [5, 5.41) is 20.4. The van der Waals surface area contributed by atoms with E-state index >= 15 is 0 Å². The van der Waals surface area contributed by atoms with E-state index in [9.17, 15) is 10.2 Å². The van der Waals surface area contributed by atoms with E-state index in [1.54, 1.807) is 30.3 Å². The van der Waals surface area contributed by atoms with Crippen LogP contribution in [-0.2, 0) is 0 Å². The van der Waals surface area contributed by atoms with Crippen LogP contribution in [0.2, 0.25) is 0 Å². The van der Waals surface area contributed by atoms with Crippen LogP contribution in [0.1, 0.15) is 50.0 Å². The summed E-state index contributed by atoms with van der Waals surface area (Å²) in [4.78, 5) is 2.50. The minimum Gasteiger partial charge on any atom is -0.508 e. The molecule has 0 bridgehead atoms. The van der Waals surface area contributed by atoms with E-state index in [4.69, 9.17) is 9.47 Å². The van der Waals surface area contributed by atoms with Crippen molar-refractivity contribution >= 4 is 27.1 Å². The van der Waals surface area contributed by atoms with Crippen LogP contribution in [0.15, 0.2) is 65.1 Å². The first kappa shape index (κ1) is 24.7. The average Bonchev–Trinajstić information content (AvgIpc) is 3.29. The van der Waals surface area contributed by atoms with Crippen molar-refractivity contribution in [1.82, 2.24) is 4.90 Å². The molecule has 5 nitrogen and oxygen atoms in total. The fourth-order valence-electron chi connectivity index (χ4n) is 5.20. The molecule has 0 spiro atoms. The number of aromatic hydroxyl groups is 2. The molecule has 3 atom stereocenters. The van der Waals surface area contributed by atoms with E-state index in [0.717, 1.165) is 57.1 Å². The number of allylic oxidation sites excluding steroid dienone is 1. The lowest BCUT2D eigenvalue weighted by Crippen LogP contribution is -2.35. The summed E-state index contributed by atoms with van der Waals surface area (Å²) in [5.41, 5.74) is 4.60. The normalized spacial score (nSPS) is 20.7. The molecule has 0 amide bonds. The van der Waals surface area contributed by atoms with Gasteiger partial charge in [-0.05, 0) is 98.0 Å². The smallest absolute Gasteiger partial charge is 0.150 e. The Balaban J connectivity index is 1.43. The Labute approximate surface area is 221 Å². The predicted octanol–water partition coefficient (Wildman–Crippen LogP) is 7.03. The van der Waals surface area contributed by atoms with Crippen molar-refractivity contribution in [2.24, 2.45) is 5.92 Å². The summed E-state index contributed by atoms with van der Waals surface area (Å²) in [5.74, 6) is 2.67. The number of phenolic OH excluding ortho intramolecular Hbond substituents is 2. The molecule has 2 aliphatic rings. The second-order valence-electron chi connectivity index (χ2n) is 10.0. The zero-order valence-electron chi connectivity index (χ0n) is 20.9. The van der Waals surface area contributed by atoms with Crippen molar-refractivity contribution in [3.8, 4) is 23.0 Å². The molecular formula is C30H32BrNO4. The van der Waals surface area contributed by atoms with Gasteiger partial charge in [-0.15, -0.1) is 0 Å². The number of fused-ring (bicyclic) bond motifs is 1. The van der Waals surface area contributed by atoms with Gasteiger partial charge in [-0.1, -0.05) is 35.0 Å². The summed E-state index contributed by atoms with van der Waals surface area (Å²) >= 11 is 3.50. The van der Waals surface area contributed by atoms with E-state index in [1.807, 2.05) is 37.3 Å². The van der Waals surface area contributed by atoms with Crippen molar-refractivity contribution in [3.05, 3.63) is 81.8 Å². The van der Waals surface area contributed by atoms with Crippen LogP contribution in [-0.4, -0.2) is 40.9 Å². The third kappa shape index (κ3) is 5.11. The van der Waals surface area contributed by atoms with Crippen molar-refractivity contribution in [2.75, 3.05) is 19.7 Å². The van der Waals surface area contributed by atoms with Gasteiger partial charge in [-0.2, -0.15) is 0 Å². The topological polar surface area (TPSA) is 62.2 Å². The van der Waals surface area contributed by atoms with Gasteiger partial charge in [0, 0.05) is 28.2 Å². The highest BCUT2D eigenvalue weighted by atomic mass is 79.9. The molecule has 2 aliphatic heterocycles. The van der Waals surface area contributed by atoms with Gasteiger partial charge in [0.05, 0.1) is 0 Å². The van der Waals surface area contributed by atoms with Gasteiger partial charge in [0.25, 0.3) is 0 Å². The second-order valence-corrected chi connectivity index (χ2v) is 10.9. The molecule has 2 heterocycles. The largest absolute Gasteiger partial charge is 0.508 e. The molecule has 1 fully saturated rings. The monoisotopic (exact) mass is 549 g/mol. The van der Waals surface area contributed by atoms with Gasteiger partial charge in [0.1, 0.15) is 35.7 Å². The highest BCUT2D eigenvalue weighted by molar-refractivity contribution is 9.10. The lowest BCUT2D eigenvalue weighted by Gasteiger charge is -2.31. The Morgan fingerprint density at radius 2 is 1.83 bits per heavy atom. The molecule has 1 saturated heterocycles. The number of halogens is 1. The number of hydrogen-bond donors (Lipinski definition) is 2. The van der Waals surface area contributed by atoms with Crippen molar-refractivity contribution < 1.29 is 19.7 Å². The summed E-state index contributed by atoms with van der Waals surface area (Å²) in [7, 11) is 0. The van der Waals surface area contributed by atoms with Crippen molar-refractivity contribution in [3.63, 3.8) is 0 Å².